The van der Waals surface area contributed by atoms with Crippen LogP contribution in [0, 0.1) is 0 Å². The molecule has 1 aliphatic carbocycles. The summed E-state index contributed by atoms with van der Waals surface area (Å²) >= 11 is 7.03. The summed E-state index contributed by atoms with van der Waals surface area (Å²) in [6, 6.07) is 15.7. The molecule has 11 heteroatoms. The van der Waals surface area contributed by atoms with Gasteiger partial charge in [-0.1, -0.05) is 68.3 Å². The number of hydrogen-bond donors (Lipinski definition) is 0. The molecule has 144 valence electrons. The second-order valence-corrected chi connectivity index (χ2v) is 9.83. The van der Waals surface area contributed by atoms with Crippen LogP contribution in [0.15, 0.2) is 57.5 Å². The monoisotopic (exact) mass is 545 g/mol. The van der Waals surface area contributed by atoms with E-state index in [1.54, 1.807) is 0 Å². The van der Waals surface area contributed by atoms with Crippen LogP contribution >= 0.6 is 31.9 Å². The van der Waals surface area contributed by atoms with E-state index in [0.29, 0.717) is 0 Å². The quantitative estimate of drug-likeness (QED) is 0.432. The first-order valence-corrected chi connectivity index (χ1v) is 11.0. The van der Waals surface area contributed by atoms with Crippen LogP contribution in [0.5, 0.6) is 0 Å². The molecule has 6 saturated heterocycles. The van der Waals surface area contributed by atoms with Crippen molar-refractivity contribution in [2.75, 3.05) is 0 Å². The maximum atomic E-state index is 6.38. The van der Waals surface area contributed by atoms with E-state index in [2.05, 4.69) is 31.9 Å². The van der Waals surface area contributed by atoms with Crippen molar-refractivity contribution in [2.24, 2.45) is 0 Å². The molecule has 0 unspecified atom stereocenters. The van der Waals surface area contributed by atoms with E-state index < -0.39 is 13.5 Å². The van der Waals surface area contributed by atoms with Gasteiger partial charge in [0.05, 0.1) is 36.6 Å². The predicted molar refractivity (Wildman–Crippen MR) is 108 cm³/mol. The van der Waals surface area contributed by atoms with Crippen molar-refractivity contribution < 1.29 is 79.3 Å². The number of halogens is 2. The van der Waals surface area contributed by atoms with Crippen molar-refractivity contribution in [3.63, 3.8) is 0 Å². The fraction of sp³-hybridized carbons (Fsp3) is 0.333. The molecule has 0 spiro atoms. The predicted octanol–water partition coefficient (Wildman–Crippen LogP) is -1.41. The van der Waals surface area contributed by atoms with Crippen molar-refractivity contribution in [1.82, 2.24) is 0 Å². The summed E-state index contributed by atoms with van der Waals surface area (Å²) in [5.74, 6) is 0. The van der Waals surface area contributed by atoms with Crippen molar-refractivity contribution in [3.8, 4) is 0 Å². The Morgan fingerprint density at radius 1 is 0.552 bits per heavy atom. The summed E-state index contributed by atoms with van der Waals surface area (Å²) in [6.07, 6.45) is -1.42. The molecule has 1 saturated carbocycles. The average Bonchev–Trinajstić information content (AvgIpc) is 2.71. The van der Waals surface area contributed by atoms with Crippen LogP contribution in [0.1, 0.15) is 0 Å². The second kappa shape index (κ2) is 6.96. The standard InChI is InChI=1S/C18H14B2Br2O6.K/c21-11-5-1-3-9(7-11)19-23-13-16-14(24-19)18-15(25-19)17(13)27-20(26-16,28-18)10-4-2-6-12(22)8-10;/h1-8,13-18H;/q-2;+1. The zero-order chi connectivity index (χ0) is 18.7. The van der Waals surface area contributed by atoms with E-state index in [9.17, 15) is 0 Å². The summed E-state index contributed by atoms with van der Waals surface area (Å²) < 4.78 is 40.2. The van der Waals surface area contributed by atoms with Gasteiger partial charge in [0.15, 0.2) is 0 Å². The fourth-order valence-electron chi connectivity index (χ4n) is 5.41. The Hall–Kier alpha value is 0.926. The minimum atomic E-state index is -2.04. The van der Waals surface area contributed by atoms with Gasteiger partial charge in [-0.25, -0.2) is 0 Å². The molecular weight excluding hydrogens is 533 g/mol. The van der Waals surface area contributed by atoms with Gasteiger partial charge >= 0.3 is 64.9 Å². The molecule has 2 aromatic rings. The molecule has 8 bridgehead atoms. The van der Waals surface area contributed by atoms with E-state index >= 15 is 0 Å². The molecule has 7 fully saturated rings. The van der Waals surface area contributed by atoms with E-state index in [1.807, 2.05) is 48.5 Å². The SMILES string of the molecule is Brc1cccc([B-]23OC4C5O[B-]6(c7cccc(Br)c7)OC4C(O2)C(O6)C5O3)c1.[K+]. The summed E-state index contributed by atoms with van der Waals surface area (Å²) in [5.41, 5.74) is 1.74. The van der Waals surface area contributed by atoms with E-state index in [0.717, 1.165) is 19.9 Å². The molecular formula is C18H14B2Br2KO6-. The molecule has 6 heterocycles. The van der Waals surface area contributed by atoms with Crippen LogP contribution in [0.3, 0.4) is 0 Å². The molecule has 29 heavy (non-hydrogen) atoms. The minimum Gasteiger partial charge on any atom is -0.534 e. The Labute approximate surface area is 227 Å². The molecule has 0 atom stereocenters. The smallest absolute Gasteiger partial charge is 0.534 e. The van der Waals surface area contributed by atoms with Gasteiger partial charge in [0, 0.05) is 8.95 Å². The molecule has 0 aromatic heterocycles. The van der Waals surface area contributed by atoms with Gasteiger partial charge in [-0.05, 0) is 12.1 Å². The summed E-state index contributed by atoms with van der Waals surface area (Å²) in [4.78, 5) is 0. The first kappa shape index (κ1) is 20.5. The van der Waals surface area contributed by atoms with E-state index in [4.69, 9.17) is 27.9 Å². The topological polar surface area (TPSA) is 55.4 Å². The Kier molecular flexibility index (Phi) is 4.93. The maximum Gasteiger partial charge on any atom is 1.00 e. The minimum absolute atomic E-state index is 0. The molecule has 6 nitrogen and oxygen atoms in total. The van der Waals surface area contributed by atoms with Crippen LogP contribution in [-0.4, -0.2) is 50.1 Å². The molecule has 0 amide bonds. The average molecular weight is 547 g/mol. The van der Waals surface area contributed by atoms with Crippen molar-refractivity contribution in [1.29, 1.82) is 0 Å². The van der Waals surface area contributed by atoms with E-state index in [-0.39, 0.29) is 88.0 Å². The van der Waals surface area contributed by atoms with Gasteiger partial charge in [-0.3, -0.25) is 0 Å². The Bertz CT molecular complexity index is 869. The second-order valence-electron chi connectivity index (χ2n) is 8.00. The number of benzene rings is 2. The number of hydrogen-bond acceptors (Lipinski definition) is 6. The van der Waals surface area contributed by atoms with Crippen LogP contribution < -0.4 is 62.3 Å². The van der Waals surface area contributed by atoms with Gasteiger partial charge < -0.3 is 27.9 Å². The first-order chi connectivity index (χ1) is 13.6. The van der Waals surface area contributed by atoms with Gasteiger partial charge in [0.1, 0.15) is 0 Å². The largest absolute Gasteiger partial charge is 1.00 e. The third kappa shape index (κ3) is 2.78. The Morgan fingerprint density at radius 3 is 1.14 bits per heavy atom. The third-order valence-electron chi connectivity index (χ3n) is 6.47. The van der Waals surface area contributed by atoms with Gasteiger partial charge in [0.25, 0.3) is 0 Å². The first-order valence-electron chi connectivity index (χ1n) is 9.43. The summed E-state index contributed by atoms with van der Waals surface area (Å²) in [6.45, 7) is -4.09. The molecule has 0 radical (unpaired) electrons. The summed E-state index contributed by atoms with van der Waals surface area (Å²) in [5, 5.41) is 0. The zero-order valence-electron chi connectivity index (χ0n) is 15.4. The van der Waals surface area contributed by atoms with Gasteiger partial charge in [0.2, 0.25) is 0 Å². The fourth-order valence-corrected chi connectivity index (χ4v) is 6.24. The van der Waals surface area contributed by atoms with Gasteiger partial charge in [-0.15, -0.1) is 10.9 Å². The van der Waals surface area contributed by atoms with Crippen molar-refractivity contribution >= 4 is 56.3 Å². The zero-order valence-corrected chi connectivity index (χ0v) is 21.7. The number of rotatable bonds is 2. The maximum absolute atomic E-state index is 6.38. The van der Waals surface area contributed by atoms with E-state index in [1.165, 1.54) is 0 Å². The molecule has 2 aromatic carbocycles. The molecule has 9 rings (SSSR count). The normalized spacial score (nSPS) is 45.4. The van der Waals surface area contributed by atoms with Crippen LogP contribution in [0.25, 0.3) is 0 Å². The third-order valence-corrected chi connectivity index (χ3v) is 7.46. The summed E-state index contributed by atoms with van der Waals surface area (Å²) in [7, 11) is 0. The van der Waals surface area contributed by atoms with Gasteiger partial charge in [-0.2, -0.15) is 0 Å². The molecule has 0 N–H and O–H groups in total. The molecule has 7 aliphatic rings. The molecule has 6 aliphatic heterocycles. The van der Waals surface area contributed by atoms with Crippen molar-refractivity contribution in [2.45, 2.75) is 36.6 Å². The van der Waals surface area contributed by atoms with Crippen molar-refractivity contribution in [3.05, 3.63) is 57.5 Å². The van der Waals surface area contributed by atoms with Crippen LogP contribution in [0.4, 0.5) is 0 Å². The van der Waals surface area contributed by atoms with Crippen LogP contribution in [0.2, 0.25) is 0 Å². The Balaban J connectivity index is 0.00000165. The Morgan fingerprint density at radius 2 is 0.862 bits per heavy atom. The van der Waals surface area contributed by atoms with Crippen LogP contribution in [-0.2, 0) is 27.9 Å².